The highest BCUT2D eigenvalue weighted by Gasteiger charge is 2.52. The lowest BCUT2D eigenvalue weighted by molar-refractivity contribution is -0.128. The number of nitrogens with zero attached hydrogens (tertiary/aromatic N) is 2. The van der Waals surface area contributed by atoms with E-state index in [1.54, 1.807) is 6.07 Å². The van der Waals surface area contributed by atoms with E-state index < -0.39 is 5.82 Å². The van der Waals surface area contributed by atoms with Gasteiger partial charge in [-0.2, -0.15) is 5.10 Å². The molecule has 0 radical (unpaired) electrons. The molecule has 1 saturated heterocycles. The molecule has 7 heteroatoms. The molecule has 4 aliphatic carbocycles. The molecule has 0 spiro atoms. The van der Waals surface area contributed by atoms with Gasteiger partial charge in [-0.25, -0.2) is 4.39 Å². The number of amides is 1. The summed E-state index contributed by atoms with van der Waals surface area (Å²) in [7, 11) is 0. The summed E-state index contributed by atoms with van der Waals surface area (Å²) in [5.41, 5.74) is 1.56. The van der Waals surface area contributed by atoms with Crippen LogP contribution in [0.25, 0.3) is 0 Å². The Morgan fingerprint density at radius 3 is 2.34 bits per heavy atom. The minimum atomic E-state index is -0.439. The molecule has 1 amide bonds. The number of hydrogen-bond acceptors (Lipinski definition) is 3. The number of rotatable bonds is 4. The standard InChI is InChI=1S/C28H36ClFN4O/c1-27(2,3)34-7-6-23(33-34)20-12-24(31-25(20)19-4-5-21(29)22(30)11-19)26(35)32-28-13-16-8-17(14-28)10-18(9-16)15-28/h4-7,11,16-18,20,24-25,31H,8-10,12-15H2,1-3H3,(H,32,35)/t16?,17?,18?,20-,24+,25+,28?/m1/s1. The average molecular weight is 499 g/mol. The van der Waals surface area contributed by atoms with Crippen molar-refractivity contribution in [3.05, 3.63) is 52.6 Å². The molecular formula is C28H36ClFN4O. The summed E-state index contributed by atoms with van der Waals surface area (Å²) in [4.78, 5) is 13.7. The molecule has 4 bridgehead atoms. The van der Waals surface area contributed by atoms with Gasteiger partial charge in [-0.05, 0) is 107 Å². The van der Waals surface area contributed by atoms with Gasteiger partial charge in [-0.1, -0.05) is 17.7 Å². The highest BCUT2D eigenvalue weighted by molar-refractivity contribution is 6.30. The maximum Gasteiger partial charge on any atom is 0.237 e. The summed E-state index contributed by atoms with van der Waals surface area (Å²) in [6.07, 6.45) is 10.1. The summed E-state index contributed by atoms with van der Waals surface area (Å²) in [6, 6.07) is 6.44. The van der Waals surface area contributed by atoms with Crippen LogP contribution in [-0.4, -0.2) is 27.3 Å². The Labute approximate surface area is 212 Å². The van der Waals surface area contributed by atoms with E-state index >= 15 is 0 Å². The van der Waals surface area contributed by atoms with E-state index in [1.165, 1.54) is 25.3 Å². The van der Waals surface area contributed by atoms with Crippen LogP contribution in [0.1, 0.15) is 88.9 Å². The third-order valence-electron chi connectivity index (χ3n) is 9.00. The zero-order valence-electron chi connectivity index (χ0n) is 20.9. The lowest BCUT2D eigenvalue weighted by atomic mass is 9.53. The summed E-state index contributed by atoms with van der Waals surface area (Å²) in [5, 5.41) is 12.1. The van der Waals surface area contributed by atoms with Crippen molar-refractivity contribution in [3.63, 3.8) is 0 Å². The third kappa shape index (κ3) is 4.31. The first-order chi connectivity index (χ1) is 16.6. The average Bonchev–Trinajstić information content (AvgIpc) is 3.41. The van der Waals surface area contributed by atoms with E-state index in [1.807, 2.05) is 23.0 Å². The largest absolute Gasteiger partial charge is 0.349 e. The van der Waals surface area contributed by atoms with Crippen molar-refractivity contribution in [3.8, 4) is 0 Å². The molecule has 5 aliphatic rings. The predicted molar refractivity (Wildman–Crippen MR) is 135 cm³/mol. The Morgan fingerprint density at radius 2 is 1.77 bits per heavy atom. The highest BCUT2D eigenvalue weighted by atomic mass is 35.5. The van der Waals surface area contributed by atoms with E-state index in [4.69, 9.17) is 16.7 Å². The van der Waals surface area contributed by atoms with Crippen LogP contribution in [0.15, 0.2) is 30.5 Å². The van der Waals surface area contributed by atoms with E-state index in [9.17, 15) is 9.18 Å². The first-order valence-electron chi connectivity index (χ1n) is 13.2. The molecule has 7 rings (SSSR count). The predicted octanol–water partition coefficient (Wildman–Crippen LogP) is 5.70. The van der Waals surface area contributed by atoms with Gasteiger partial charge in [0.25, 0.3) is 0 Å². The highest BCUT2D eigenvalue weighted by Crippen LogP contribution is 2.55. The number of halogens is 2. The smallest absolute Gasteiger partial charge is 0.237 e. The molecule has 3 atom stereocenters. The van der Waals surface area contributed by atoms with E-state index in [-0.39, 0.29) is 40.0 Å². The van der Waals surface area contributed by atoms with Crippen molar-refractivity contribution in [1.82, 2.24) is 20.4 Å². The van der Waals surface area contributed by atoms with Crippen molar-refractivity contribution in [1.29, 1.82) is 0 Å². The molecule has 1 aliphatic heterocycles. The number of carbonyl (C=O) groups excluding carboxylic acids is 1. The Morgan fingerprint density at radius 1 is 1.11 bits per heavy atom. The van der Waals surface area contributed by atoms with Crippen molar-refractivity contribution in [2.45, 2.75) is 94.8 Å². The minimum Gasteiger partial charge on any atom is -0.349 e. The fraction of sp³-hybridized carbons (Fsp3) is 0.643. The SMILES string of the molecule is CC(C)(C)n1ccc([C@H]2C[C@@H](C(=O)NC34CC5CC(CC(C5)C3)C4)N[C@H]2c2ccc(Cl)c(F)c2)n1. The molecular weight excluding hydrogens is 463 g/mol. The van der Waals surface area contributed by atoms with Gasteiger partial charge in [0.1, 0.15) is 5.82 Å². The molecule has 4 saturated carbocycles. The second-order valence-corrected chi connectivity index (χ2v) is 13.2. The van der Waals surface area contributed by atoms with Crippen molar-refractivity contribution in [2.75, 3.05) is 0 Å². The van der Waals surface area contributed by atoms with Crippen LogP contribution in [-0.2, 0) is 10.3 Å². The maximum atomic E-state index is 14.4. The van der Waals surface area contributed by atoms with Crippen molar-refractivity contribution >= 4 is 17.5 Å². The summed E-state index contributed by atoms with van der Waals surface area (Å²) >= 11 is 5.97. The van der Waals surface area contributed by atoms with Gasteiger partial charge in [0.05, 0.1) is 22.3 Å². The molecule has 35 heavy (non-hydrogen) atoms. The lowest BCUT2D eigenvalue weighted by Crippen LogP contribution is -2.62. The Balaban J connectivity index is 1.26. The Hall–Kier alpha value is -1.92. The van der Waals surface area contributed by atoms with Gasteiger partial charge < -0.3 is 5.32 Å². The molecule has 2 heterocycles. The van der Waals surface area contributed by atoms with Crippen LogP contribution >= 0.6 is 11.6 Å². The molecule has 1 aromatic carbocycles. The zero-order chi connectivity index (χ0) is 24.5. The summed E-state index contributed by atoms with van der Waals surface area (Å²) in [6.45, 7) is 6.35. The van der Waals surface area contributed by atoms with Crippen LogP contribution in [0.4, 0.5) is 4.39 Å². The van der Waals surface area contributed by atoms with Gasteiger partial charge in [0.2, 0.25) is 5.91 Å². The van der Waals surface area contributed by atoms with Gasteiger partial charge >= 0.3 is 0 Å². The quantitative estimate of drug-likeness (QED) is 0.568. The molecule has 2 aromatic rings. The van der Waals surface area contributed by atoms with Crippen molar-refractivity contribution < 1.29 is 9.18 Å². The van der Waals surface area contributed by atoms with Crippen LogP contribution < -0.4 is 10.6 Å². The number of nitrogens with one attached hydrogen (secondary N) is 2. The maximum absolute atomic E-state index is 14.4. The van der Waals surface area contributed by atoms with E-state index in [0.29, 0.717) is 6.42 Å². The normalized spacial score (nSPS) is 36.0. The zero-order valence-corrected chi connectivity index (χ0v) is 21.6. The third-order valence-corrected chi connectivity index (χ3v) is 9.30. The minimum absolute atomic E-state index is 0.0265. The Bertz CT molecular complexity index is 1100. The summed E-state index contributed by atoms with van der Waals surface area (Å²) < 4.78 is 16.4. The topological polar surface area (TPSA) is 59.0 Å². The van der Waals surface area contributed by atoms with E-state index in [0.717, 1.165) is 48.3 Å². The fourth-order valence-corrected chi connectivity index (χ4v) is 7.94. The Kier molecular flexibility index (Phi) is 5.57. The number of carbonyl (C=O) groups is 1. The molecule has 2 N–H and O–H groups in total. The van der Waals surface area contributed by atoms with Gasteiger partial charge in [-0.3, -0.25) is 14.8 Å². The molecule has 0 unspecified atom stereocenters. The number of hydrogen-bond donors (Lipinski definition) is 2. The first-order valence-corrected chi connectivity index (χ1v) is 13.6. The number of benzene rings is 1. The van der Waals surface area contributed by atoms with Gasteiger partial charge in [0, 0.05) is 23.7 Å². The molecule has 1 aromatic heterocycles. The summed E-state index contributed by atoms with van der Waals surface area (Å²) in [5.74, 6) is 1.94. The molecule has 188 valence electrons. The van der Waals surface area contributed by atoms with Gasteiger partial charge in [-0.15, -0.1) is 0 Å². The van der Waals surface area contributed by atoms with Crippen LogP contribution in [0.5, 0.6) is 0 Å². The molecule has 5 nitrogen and oxygen atoms in total. The second kappa shape index (κ2) is 8.31. The van der Waals surface area contributed by atoms with Crippen LogP contribution in [0, 0.1) is 23.6 Å². The molecule has 5 fully saturated rings. The van der Waals surface area contributed by atoms with Crippen molar-refractivity contribution in [2.24, 2.45) is 17.8 Å². The number of aromatic nitrogens is 2. The van der Waals surface area contributed by atoms with Crippen LogP contribution in [0.2, 0.25) is 5.02 Å². The first kappa shape index (κ1) is 23.5. The lowest BCUT2D eigenvalue weighted by Gasteiger charge is -2.57. The monoisotopic (exact) mass is 498 g/mol. The van der Waals surface area contributed by atoms with Gasteiger partial charge in [0.15, 0.2) is 0 Å². The fourth-order valence-electron chi connectivity index (χ4n) is 7.82. The van der Waals surface area contributed by atoms with Crippen LogP contribution in [0.3, 0.4) is 0 Å². The second-order valence-electron chi connectivity index (χ2n) is 12.8. The van der Waals surface area contributed by atoms with E-state index in [2.05, 4.69) is 31.4 Å².